The third-order valence-corrected chi connectivity index (χ3v) is 4.10. The molecule has 1 atom stereocenters. The lowest BCUT2D eigenvalue weighted by Gasteiger charge is -2.34. The van der Waals surface area contributed by atoms with Crippen molar-refractivity contribution < 1.29 is 32.2 Å². The third kappa shape index (κ3) is 4.77. The Morgan fingerprint density at radius 1 is 0.966 bits per heavy atom. The zero-order valence-corrected chi connectivity index (χ0v) is 15.9. The number of rotatable bonds is 7. The number of hydrazine groups is 1. The van der Waals surface area contributed by atoms with Crippen LogP contribution in [0.5, 0.6) is 5.75 Å². The number of anilines is 1. The SMILES string of the molecule is COC(=O)C(NNc1ccccc1C)(NC(=O)c1ccc(OC)cc1)C(F)(F)F. The van der Waals surface area contributed by atoms with E-state index in [-0.39, 0.29) is 11.3 Å². The Morgan fingerprint density at radius 3 is 2.10 bits per heavy atom. The van der Waals surface area contributed by atoms with E-state index in [1.807, 2.05) is 5.43 Å². The van der Waals surface area contributed by atoms with Gasteiger partial charge in [0.05, 0.1) is 19.9 Å². The average molecular weight is 411 g/mol. The highest BCUT2D eigenvalue weighted by Gasteiger charge is 2.63. The molecule has 3 N–H and O–H groups in total. The number of carbonyl (C=O) groups excluding carboxylic acids is 2. The molecular formula is C19H20F3N3O4. The number of hydrogen-bond donors (Lipinski definition) is 3. The predicted molar refractivity (Wildman–Crippen MR) is 99.2 cm³/mol. The molecule has 0 spiro atoms. The molecule has 156 valence electrons. The Labute approximate surface area is 165 Å². The molecule has 0 bridgehead atoms. The van der Waals surface area contributed by atoms with Crippen molar-refractivity contribution in [2.75, 3.05) is 19.6 Å². The van der Waals surface area contributed by atoms with E-state index in [1.165, 1.54) is 37.4 Å². The molecule has 29 heavy (non-hydrogen) atoms. The van der Waals surface area contributed by atoms with Gasteiger partial charge >= 0.3 is 17.8 Å². The number of carbonyl (C=O) groups is 2. The van der Waals surface area contributed by atoms with Crippen molar-refractivity contribution in [3.63, 3.8) is 0 Å². The molecule has 0 aromatic heterocycles. The molecule has 0 aliphatic rings. The molecule has 1 amide bonds. The van der Waals surface area contributed by atoms with Crippen LogP contribution in [0.4, 0.5) is 18.9 Å². The van der Waals surface area contributed by atoms with Crippen LogP contribution in [0.25, 0.3) is 0 Å². The Hall–Kier alpha value is -3.27. The molecule has 0 saturated carbocycles. The maximum Gasteiger partial charge on any atom is 0.438 e. The van der Waals surface area contributed by atoms with Crippen LogP contribution in [0.1, 0.15) is 15.9 Å². The maximum atomic E-state index is 14.0. The van der Waals surface area contributed by atoms with Crippen LogP contribution in [0.15, 0.2) is 48.5 Å². The lowest BCUT2D eigenvalue weighted by molar-refractivity contribution is -0.215. The van der Waals surface area contributed by atoms with E-state index in [4.69, 9.17) is 4.74 Å². The third-order valence-electron chi connectivity index (χ3n) is 4.10. The molecule has 7 nitrogen and oxygen atoms in total. The fourth-order valence-electron chi connectivity index (χ4n) is 2.40. The molecule has 10 heteroatoms. The van der Waals surface area contributed by atoms with Crippen molar-refractivity contribution >= 4 is 17.6 Å². The quantitative estimate of drug-likeness (QED) is 0.369. The van der Waals surface area contributed by atoms with Gasteiger partial charge in [-0.1, -0.05) is 18.2 Å². The minimum atomic E-state index is -5.24. The summed E-state index contributed by atoms with van der Waals surface area (Å²) in [6.45, 7) is 1.66. The first-order chi connectivity index (χ1) is 13.6. The van der Waals surface area contributed by atoms with Gasteiger partial charge in [0.15, 0.2) is 0 Å². The zero-order chi connectivity index (χ0) is 21.7. The predicted octanol–water partition coefficient (Wildman–Crippen LogP) is 2.78. The van der Waals surface area contributed by atoms with Crippen LogP contribution in [0, 0.1) is 6.92 Å². The lowest BCUT2D eigenvalue weighted by Crippen LogP contribution is -2.73. The fourth-order valence-corrected chi connectivity index (χ4v) is 2.40. The van der Waals surface area contributed by atoms with Crippen LogP contribution in [0.3, 0.4) is 0 Å². The van der Waals surface area contributed by atoms with E-state index < -0.39 is 23.7 Å². The second-order valence-corrected chi connectivity index (χ2v) is 5.99. The summed E-state index contributed by atoms with van der Waals surface area (Å²) in [6.07, 6.45) is -5.24. The van der Waals surface area contributed by atoms with E-state index in [2.05, 4.69) is 10.2 Å². The number of nitrogens with one attached hydrogen (secondary N) is 3. The number of esters is 1. The van der Waals surface area contributed by atoms with Crippen molar-refractivity contribution in [1.82, 2.24) is 10.7 Å². The molecule has 2 aromatic carbocycles. The fraction of sp³-hybridized carbons (Fsp3) is 0.263. The van der Waals surface area contributed by atoms with Crippen molar-refractivity contribution in [1.29, 1.82) is 0 Å². The van der Waals surface area contributed by atoms with Gasteiger partial charge in [0, 0.05) is 5.56 Å². The maximum absolute atomic E-state index is 14.0. The number of methoxy groups -OCH3 is 2. The van der Waals surface area contributed by atoms with Crippen LogP contribution in [-0.2, 0) is 9.53 Å². The molecule has 0 heterocycles. The summed E-state index contributed by atoms with van der Waals surface area (Å²) in [5.41, 5.74) is 1.49. The number of halogens is 3. The Morgan fingerprint density at radius 2 is 1.59 bits per heavy atom. The average Bonchev–Trinajstić information content (AvgIpc) is 2.70. The zero-order valence-electron chi connectivity index (χ0n) is 15.9. The molecule has 2 rings (SSSR count). The molecule has 0 aliphatic heterocycles. The van der Waals surface area contributed by atoms with Crippen molar-refractivity contribution in [3.8, 4) is 5.75 Å². The second kappa shape index (κ2) is 8.82. The highest BCUT2D eigenvalue weighted by Crippen LogP contribution is 2.30. The molecule has 1 unspecified atom stereocenters. The number of alkyl halides is 3. The van der Waals surface area contributed by atoms with Gasteiger partial charge in [-0.3, -0.25) is 4.79 Å². The Balaban J connectivity index is 2.38. The molecule has 0 saturated heterocycles. The van der Waals surface area contributed by atoms with Gasteiger partial charge in [-0.05, 0) is 42.8 Å². The molecule has 0 aliphatic carbocycles. The normalized spacial score (nSPS) is 13.2. The number of aryl methyl sites for hydroxylation is 1. The lowest BCUT2D eigenvalue weighted by atomic mass is 10.1. The van der Waals surface area contributed by atoms with E-state index >= 15 is 0 Å². The number of amides is 1. The van der Waals surface area contributed by atoms with Gasteiger partial charge in [0.25, 0.3) is 5.91 Å². The van der Waals surface area contributed by atoms with E-state index in [0.29, 0.717) is 11.3 Å². The molecule has 0 radical (unpaired) electrons. The van der Waals surface area contributed by atoms with Crippen LogP contribution in [-0.4, -0.2) is 37.9 Å². The first-order valence-electron chi connectivity index (χ1n) is 8.35. The number of benzene rings is 2. The topological polar surface area (TPSA) is 88.7 Å². The van der Waals surface area contributed by atoms with Gasteiger partial charge < -0.3 is 20.2 Å². The van der Waals surface area contributed by atoms with Gasteiger partial charge in [0.2, 0.25) is 0 Å². The van der Waals surface area contributed by atoms with Gasteiger partial charge in [-0.2, -0.15) is 18.6 Å². The van der Waals surface area contributed by atoms with Crippen LogP contribution in [0.2, 0.25) is 0 Å². The summed E-state index contributed by atoms with van der Waals surface area (Å²) in [7, 11) is 2.19. The first-order valence-corrected chi connectivity index (χ1v) is 8.35. The van der Waals surface area contributed by atoms with Gasteiger partial charge in [0.1, 0.15) is 5.75 Å². The van der Waals surface area contributed by atoms with Crippen molar-refractivity contribution in [2.45, 2.75) is 18.8 Å². The smallest absolute Gasteiger partial charge is 0.438 e. The second-order valence-electron chi connectivity index (χ2n) is 5.99. The number of ether oxygens (including phenoxy) is 2. The molecule has 2 aromatic rings. The Kier molecular flexibility index (Phi) is 6.70. The summed E-state index contributed by atoms with van der Waals surface area (Å²) in [6, 6.07) is 11.8. The summed E-state index contributed by atoms with van der Waals surface area (Å²) < 4.78 is 51.2. The van der Waals surface area contributed by atoms with Crippen molar-refractivity contribution in [3.05, 3.63) is 59.7 Å². The van der Waals surface area contributed by atoms with Crippen molar-refractivity contribution in [2.24, 2.45) is 0 Å². The number of hydrogen-bond acceptors (Lipinski definition) is 6. The molecule has 0 fully saturated rings. The van der Waals surface area contributed by atoms with E-state index in [9.17, 15) is 22.8 Å². The highest BCUT2D eigenvalue weighted by atomic mass is 19.4. The summed E-state index contributed by atoms with van der Waals surface area (Å²) in [5, 5.41) is 1.71. The monoisotopic (exact) mass is 411 g/mol. The minimum absolute atomic E-state index is 0.110. The van der Waals surface area contributed by atoms with E-state index in [1.54, 1.807) is 30.4 Å². The van der Waals surface area contributed by atoms with Gasteiger partial charge in [-0.25, -0.2) is 4.79 Å². The van der Waals surface area contributed by atoms with E-state index in [0.717, 1.165) is 7.11 Å². The summed E-state index contributed by atoms with van der Waals surface area (Å²) in [5.74, 6) is -2.47. The summed E-state index contributed by atoms with van der Waals surface area (Å²) in [4.78, 5) is 24.7. The molecular weight excluding hydrogens is 391 g/mol. The standard InChI is InChI=1S/C19H20F3N3O4/c1-12-6-4-5-7-15(12)24-25-18(17(27)29-3,19(20,21)22)23-16(26)13-8-10-14(28-2)11-9-13/h4-11,24-25H,1-3H3,(H,23,26). The summed E-state index contributed by atoms with van der Waals surface area (Å²) >= 11 is 0. The Bertz CT molecular complexity index is 872. The largest absolute Gasteiger partial charge is 0.497 e. The van der Waals surface area contributed by atoms with Crippen LogP contribution < -0.4 is 20.9 Å². The van der Waals surface area contributed by atoms with Crippen LogP contribution >= 0.6 is 0 Å². The first kappa shape index (κ1) is 22.0. The number of para-hydroxylation sites is 1. The highest BCUT2D eigenvalue weighted by molar-refractivity contribution is 5.98. The van der Waals surface area contributed by atoms with Gasteiger partial charge in [-0.15, -0.1) is 0 Å². The minimum Gasteiger partial charge on any atom is -0.497 e.